The van der Waals surface area contributed by atoms with E-state index in [0.29, 0.717) is 25.7 Å². The molecule has 1 aromatic heterocycles. The molecular formula is C18H26N2O2. The number of nitrogens with zero attached hydrogens (tertiary/aromatic N) is 1. The van der Waals surface area contributed by atoms with E-state index in [9.17, 15) is 5.11 Å². The molecular weight excluding hydrogens is 276 g/mol. The van der Waals surface area contributed by atoms with Crippen LogP contribution in [0.25, 0.3) is 10.9 Å². The molecule has 22 heavy (non-hydrogen) atoms. The Morgan fingerprint density at radius 2 is 2.09 bits per heavy atom. The second-order valence-electron chi connectivity index (χ2n) is 6.70. The van der Waals surface area contributed by atoms with Gasteiger partial charge in [-0.15, -0.1) is 0 Å². The summed E-state index contributed by atoms with van der Waals surface area (Å²) in [4.78, 5) is 5.83. The summed E-state index contributed by atoms with van der Waals surface area (Å²) in [5.41, 5.74) is 3.95. The van der Waals surface area contributed by atoms with Gasteiger partial charge in [0.2, 0.25) is 0 Å². The van der Waals surface area contributed by atoms with Crippen LogP contribution in [0.15, 0.2) is 24.3 Å². The molecule has 0 radical (unpaired) electrons. The van der Waals surface area contributed by atoms with Gasteiger partial charge in [-0.3, -0.25) is 4.90 Å². The summed E-state index contributed by atoms with van der Waals surface area (Å²) in [5.74, 6) is 0.510. The summed E-state index contributed by atoms with van der Waals surface area (Å²) in [6, 6.07) is 8.48. The molecule has 1 atom stereocenters. The number of ether oxygens (including phenoxy) is 1. The lowest BCUT2D eigenvalue weighted by molar-refractivity contribution is 0.00600. The Labute approximate surface area is 132 Å². The summed E-state index contributed by atoms with van der Waals surface area (Å²) >= 11 is 0. The van der Waals surface area contributed by atoms with Gasteiger partial charge in [0.1, 0.15) is 0 Å². The average Bonchev–Trinajstić information content (AvgIpc) is 2.84. The number of H-pyrrole nitrogens is 1. The lowest BCUT2D eigenvalue weighted by atomic mass is 10.0. The first-order valence-electron chi connectivity index (χ1n) is 8.20. The van der Waals surface area contributed by atoms with E-state index >= 15 is 0 Å². The molecule has 0 fully saturated rings. The Bertz CT molecular complexity index is 621. The van der Waals surface area contributed by atoms with Gasteiger partial charge in [0.25, 0.3) is 0 Å². The van der Waals surface area contributed by atoms with E-state index < -0.39 is 6.10 Å². The molecule has 2 aromatic rings. The number of hydrogen-bond acceptors (Lipinski definition) is 3. The van der Waals surface area contributed by atoms with Crippen LogP contribution in [0, 0.1) is 5.92 Å². The van der Waals surface area contributed by atoms with Crippen molar-refractivity contribution < 1.29 is 9.84 Å². The number of β-amino-alcohol motifs (C(OH)–C–C–N with tert-alkyl or cyclic N) is 1. The summed E-state index contributed by atoms with van der Waals surface area (Å²) in [6.07, 6.45) is 0.628. The number of benzene rings is 1. The second-order valence-corrected chi connectivity index (χ2v) is 6.70. The highest BCUT2D eigenvalue weighted by atomic mass is 16.5. The molecule has 0 spiro atoms. The molecule has 4 nitrogen and oxygen atoms in total. The van der Waals surface area contributed by atoms with Crippen LogP contribution in [0.5, 0.6) is 0 Å². The maximum atomic E-state index is 10.1. The van der Waals surface area contributed by atoms with Crippen LogP contribution >= 0.6 is 0 Å². The molecule has 4 heteroatoms. The van der Waals surface area contributed by atoms with Gasteiger partial charge in [0, 0.05) is 42.8 Å². The molecule has 1 aliphatic rings. The van der Waals surface area contributed by atoms with Gasteiger partial charge in [-0.2, -0.15) is 0 Å². The quantitative estimate of drug-likeness (QED) is 0.862. The molecule has 0 aliphatic carbocycles. The molecule has 3 rings (SSSR count). The van der Waals surface area contributed by atoms with Gasteiger partial charge in [-0.25, -0.2) is 0 Å². The molecule has 0 bridgehead atoms. The molecule has 1 aromatic carbocycles. The van der Waals surface area contributed by atoms with Crippen molar-refractivity contribution in [3.05, 3.63) is 35.5 Å². The van der Waals surface area contributed by atoms with E-state index in [1.807, 2.05) is 0 Å². The van der Waals surface area contributed by atoms with Crippen LogP contribution in [0.1, 0.15) is 25.1 Å². The number of rotatable bonds is 6. The zero-order valence-electron chi connectivity index (χ0n) is 13.5. The van der Waals surface area contributed by atoms with E-state index in [0.717, 1.165) is 19.5 Å². The number of aromatic nitrogens is 1. The molecule has 0 saturated carbocycles. The molecule has 0 amide bonds. The Balaban J connectivity index is 1.57. The van der Waals surface area contributed by atoms with E-state index in [-0.39, 0.29) is 0 Å². The minimum atomic E-state index is -0.412. The van der Waals surface area contributed by atoms with Gasteiger partial charge in [0.15, 0.2) is 0 Å². The Morgan fingerprint density at radius 1 is 1.27 bits per heavy atom. The maximum absolute atomic E-state index is 10.1. The van der Waals surface area contributed by atoms with Crippen LogP contribution in [-0.2, 0) is 17.7 Å². The monoisotopic (exact) mass is 302 g/mol. The zero-order chi connectivity index (χ0) is 15.5. The molecule has 1 unspecified atom stereocenters. The normalized spacial score (nSPS) is 17.1. The average molecular weight is 302 g/mol. The van der Waals surface area contributed by atoms with Crippen molar-refractivity contribution in [3.8, 4) is 0 Å². The third kappa shape index (κ3) is 3.51. The lowest BCUT2D eigenvalue weighted by Crippen LogP contribution is -2.38. The fraction of sp³-hybridized carbons (Fsp3) is 0.556. The molecule has 0 saturated heterocycles. The second kappa shape index (κ2) is 6.82. The highest BCUT2D eigenvalue weighted by molar-refractivity contribution is 5.84. The van der Waals surface area contributed by atoms with Gasteiger partial charge in [-0.1, -0.05) is 32.0 Å². The van der Waals surface area contributed by atoms with Gasteiger partial charge in [-0.05, 0) is 24.0 Å². The van der Waals surface area contributed by atoms with Crippen molar-refractivity contribution >= 4 is 10.9 Å². The topological polar surface area (TPSA) is 48.5 Å². The van der Waals surface area contributed by atoms with Crippen molar-refractivity contribution in [1.29, 1.82) is 0 Å². The number of hydrogen-bond donors (Lipinski definition) is 2. The first-order chi connectivity index (χ1) is 10.6. The Kier molecular flexibility index (Phi) is 4.81. The SMILES string of the molecule is CC(C)COCC(O)CN1CCc2c([nH]c3ccccc23)C1. The van der Waals surface area contributed by atoms with Crippen molar-refractivity contribution in [2.24, 2.45) is 5.92 Å². The minimum Gasteiger partial charge on any atom is -0.389 e. The van der Waals surface area contributed by atoms with Crippen molar-refractivity contribution in [3.63, 3.8) is 0 Å². The lowest BCUT2D eigenvalue weighted by Gasteiger charge is -2.28. The largest absolute Gasteiger partial charge is 0.389 e. The third-order valence-electron chi connectivity index (χ3n) is 4.19. The smallest absolute Gasteiger partial charge is 0.0900 e. The zero-order valence-corrected chi connectivity index (χ0v) is 13.5. The maximum Gasteiger partial charge on any atom is 0.0900 e. The summed E-state index contributed by atoms with van der Waals surface area (Å²) in [5, 5.41) is 11.5. The first-order valence-corrected chi connectivity index (χ1v) is 8.20. The molecule has 120 valence electrons. The van der Waals surface area contributed by atoms with Gasteiger partial charge >= 0.3 is 0 Å². The molecule has 2 N–H and O–H groups in total. The number of aliphatic hydroxyl groups is 1. The van der Waals surface area contributed by atoms with Crippen LogP contribution in [0.3, 0.4) is 0 Å². The number of nitrogens with one attached hydrogen (secondary N) is 1. The number of aromatic amines is 1. The fourth-order valence-corrected chi connectivity index (χ4v) is 3.20. The summed E-state index contributed by atoms with van der Waals surface area (Å²) in [7, 11) is 0. The van der Waals surface area contributed by atoms with Gasteiger partial charge < -0.3 is 14.8 Å². The van der Waals surface area contributed by atoms with Crippen LogP contribution in [-0.4, -0.2) is 47.4 Å². The third-order valence-corrected chi connectivity index (χ3v) is 4.19. The first kappa shape index (κ1) is 15.5. The minimum absolute atomic E-state index is 0.412. The Morgan fingerprint density at radius 3 is 2.91 bits per heavy atom. The van der Waals surface area contributed by atoms with Gasteiger partial charge in [0.05, 0.1) is 12.7 Å². The summed E-state index contributed by atoms with van der Waals surface area (Å²) < 4.78 is 5.53. The molecule has 2 heterocycles. The van der Waals surface area contributed by atoms with E-state index in [2.05, 4.69) is 48.0 Å². The number of fused-ring (bicyclic) bond motifs is 3. The highest BCUT2D eigenvalue weighted by Gasteiger charge is 2.22. The fourth-order valence-electron chi connectivity index (χ4n) is 3.20. The number of aliphatic hydroxyl groups excluding tert-OH is 1. The highest BCUT2D eigenvalue weighted by Crippen LogP contribution is 2.27. The molecule has 1 aliphatic heterocycles. The van der Waals surface area contributed by atoms with E-state index in [1.54, 1.807) is 0 Å². The van der Waals surface area contributed by atoms with Crippen molar-refractivity contribution in [1.82, 2.24) is 9.88 Å². The summed E-state index contributed by atoms with van der Waals surface area (Å²) in [6.45, 7) is 7.93. The van der Waals surface area contributed by atoms with E-state index in [4.69, 9.17) is 4.74 Å². The number of para-hydroxylation sites is 1. The van der Waals surface area contributed by atoms with Crippen LogP contribution in [0.2, 0.25) is 0 Å². The van der Waals surface area contributed by atoms with Crippen molar-refractivity contribution in [2.45, 2.75) is 32.9 Å². The Hall–Kier alpha value is -1.36. The van der Waals surface area contributed by atoms with E-state index in [1.165, 1.54) is 22.2 Å². The van der Waals surface area contributed by atoms with Crippen molar-refractivity contribution in [2.75, 3.05) is 26.3 Å². The van der Waals surface area contributed by atoms with Crippen LogP contribution < -0.4 is 0 Å². The predicted octanol–water partition coefficient (Wildman–Crippen LogP) is 2.56. The van der Waals surface area contributed by atoms with Crippen LogP contribution in [0.4, 0.5) is 0 Å². The predicted molar refractivity (Wildman–Crippen MR) is 88.9 cm³/mol. The standard InChI is InChI=1S/C18H26N2O2/c1-13(2)11-22-12-14(21)9-20-8-7-16-15-5-3-4-6-17(15)19-18(16)10-20/h3-6,13-14,19,21H,7-12H2,1-2H3.